The number of phenols is 1. The van der Waals surface area contributed by atoms with E-state index in [0.29, 0.717) is 0 Å². The number of ether oxygens (including phenoxy) is 1. The zero-order chi connectivity index (χ0) is 11.4. The zero-order valence-electron chi connectivity index (χ0n) is 8.62. The van der Waals surface area contributed by atoms with Crippen LogP contribution in [0.1, 0.15) is 11.7 Å². The predicted molar refractivity (Wildman–Crippen MR) is 53.5 cm³/mol. The largest absolute Gasteiger partial charge is 0.508 e. The monoisotopic (exact) mass is 215 g/mol. The van der Waals surface area contributed by atoms with Gasteiger partial charge in [-0.2, -0.15) is 0 Å². The van der Waals surface area contributed by atoms with Gasteiger partial charge in [-0.1, -0.05) is 0 Å². The van der Waals surface area contributed by atoms with Crippen molar-refractivity contribution >= 4 is 0 Å². The van der Waals surface area contributed by atoms with Gasteiger partial charge in [-0.3, -0.25) is 0 Å². The summed E-state index contributed by atoms with van der Waals surface area (Å²) in [5.74, 6) is -0.783. The molecule has 0 saturated heterocycles. The Morgan fingerprint density at radius 1 is 1.53 bits per heavy atom. The second-order valence-electron chi connectivity index (χ2n) is 3.12. The molecule has 0 bridgehead atoms. The smallest absolute Gasteiger partial charge is 0.136 e. The quantitative estimate of drug-likeness (QED) is 0.695. The summed E-state index contributed by atoms with van der Waals surface area (Å²) in [5, 5.41) is 21.5. The maximum Gasteiger partial charge on any atom is 0.136 e. The lowest BCUT2D eigenvalue weighted by Gasteiger charge is -2.15. The van der Waals surface area contributed by atoms with Gasteiger partial charge in [0.1, 0.15) is 17.3 Å². The van der Waals surface area contributed by atoms with Crippen LogP contribution in [0.25, 0.3) is 0 Å². The van der Waals surface area contributed by atoms with Gasteiger partial charge in [0.05, 0.1) is 18.8 Å². The first kappa shape index (κ1) is 11.7. The van der Waals surface area contributed by atoms with Crippen molar-refractivity contribution < 1.29 is 19.3 Å². The van der Waals surface area contributed by atoms with Crippen LogP contribution >= 0.6 is 0 Å². The number of benzene rings is 1. The molecule has 0 radical (unpaired) electrons. The van der Waals surface area contributed by atoms with Crippen molar-refractivity contribution in [2.24, 2.45) is 0 Å². The average molecular weight is 215 g/mol. The number of methoxy groups -OCH3 is 1. The fourth-order valence-corrected chi connectivity index (χ4v) is 1.37. The summed E-state index contributed by atoms with van der Waals surface area (Å²) in [6, 6.07) is 2.20. The molecule has 0 aliphatic carbocycles. The first-order valence-corrected chi connectivity index (χ1v) is 4.49. The van der Waals surface area contributed by atoms with E-state index in [2.05, 4.69) is 5.32 Å². The van der Waals surface area contributed by atoms with E-state index in [4.69, 9.17) is 9.84 Å². The van der Waals surface area contributed by atoms with Crippen LogP contribution in [0.3, 0.4) is 0 Å². The number of aliphatic hydroxyl groups excluding tert-OH is 1. The van der Waals surface area contributed by atoms with Crippen molar-refractivity contribution in [2.75, 3.05) is 20.7 Å². The molecular weight excluding hydrogens is 201 g/mol. The van der Waals surface area contributed by atoms with Gasteiger partial charge in [-0.05, 0) is 7.05 Å². The molecule has 0 aliphatic heterocycles. The first-order valence-electron chi connectivity index (χ1n) is 4.49. The van der Waals surface area contributed by atoms with Gasteiger partial charge >= 0.3 is 0 Å². The van der Waals surface area contributed by atoms with E-state index < -0.39 is 11.9 Å². The van der Waals surface area contributed by atoms with Crippen LogP contribution in [0.5, 0.6) is 11.5 Å². The van der Waals surface area contributed by atoms with Crippen LogP contribution in [0.4, 0.5) is 4.39 Å². The Hall–Kier alpha value is -1.33. The van der Waals surface area contributed by atoms with Gasteiger partial charge < -0.3 is 20.3 Å². The highest BCUT2D eigenvalue weighted by Crippen LogP contribution is 2.31. The van der Waals surface area contributed by atoms with Crippen molar-refractivity contribution in [1.29, 1.82) is 0 Å². The van der Waals surface area contributed by atoms with Gasteiger partial charge in [0, 0.05) is 18.7 Å². The average Bonchev–Trinajstić information content (AvgIpc) is 2.16. The SMILES string of the molecule is CNCC(O)c1c(F)cc(O)cc1OC. The van der Waals surface area contributed by atoms with Crippen LogP contribution in [-0.2, 0) is 0 Å². The minimum absolute atomic E-state index is 0.0460. The molecule has 5 heteroatoms. The molecule has 1 aromatic carbocycles. The number of rotatable bonds is 4. The van der Waals surface area contributed by atoms with Gasteiger partial charge in [0.15, 0.2) is 0 Å². The lowest BCUT2D eigenvalue weighted by Crippen LogP contribution is -2.18. The predicted octanol–water partition coefficient (Wildman–Crippen LogP) is 0.793. The minimum atomic E-state index is -1.01. The number of aromatic hydroxyl groups is 1. The summed E-state index contributed by atoms with van der Waals surface area (Å²) in [7, 11) is 3.00. The third kappa shape index (κ3) is 2.57. The molecule has 1 unspecified atom stereocenters. The molecule has 0 saturated carbocycles. The number of hydrogen-bond acceptors (Lipinski definition) is 4. The second kappa shape index (κ2) is 4.95. The Bertz CT molecular complexity index is 344. The molecule has 0 spiro atoms. The standard InChI is InChI=1S/C10H14FNO3/c1-12-5-8(14)10-7(11)3-6(13)4-9(10)15-2/h3-4,8,12-14H,5H2,1-2H3. The third-order valence-electron chi connectivity index (χ3n) is 2.03. The molecule has 0 fully saturated rings. The van der Waals surface area contributed by atoms with Gasteiger partial charge in [0.25, 0.3) is 0 Å². The third-order valence-corrected chi connectivity index (χ3v) is 2.03. The van der Waals surface area contributed by atoms with Gasteiger partial charge in [-0.15, -0.1) is 0 Å². The maximum atomic E-state index is 13.4. The Labute approximate surface area is 87.3 Å². The second-order valence-corrected chi connectivity index (χ2v) is 3.12. The number of halogens is 1. The molecule has 0 aromatic heterocycles. The highest BCUT2D eigenvalue weighted by molar-refractivity contribution is 5.42. The van der Waals surface area contributed by atoms with Crippen molar-refractivity contribution in [2.45, 2.75) is 6.10 Å². The van der Waals surface area contributed by atoms with Gasteiger partial charge in [-0.25, -0.2) is 4.39 Å². The van der Waals surface area contributed by atoms with E-state index in [1.165, 1.54) is 13.2 Å². The number of hydrogen-bond donors (Lipinski definition) is 3. The summed E-state index contributed by atoms with van der Waals surface area (Å²) in [6.07, 6.45) is -1.01. The van der Waals surface area contributed by atoms with Crippen molar-refractivity contribution in [3.05, 3.63) is 23.5 Å². The number of phenolic OH excluding ortho intramolecular Hbond substituents is 1. The topological polar surface area (TPSA) is 61.7 Å². The first-order chi connectivity index (χ1) is 7.10. The van der Waals surface area contributed by atoms with Gasteiger partial charge in [0.2, 0.25) is 0 Å². The minimum Gasteiger partial charge on any atom is -0.508 e. The molecule has 0 heterocycles. The summed E-state index contributed by atoms with van der Waals surface area (Å²) in [6.45, 7) is 0.206. The van der Waals surface area contributed by atoms with Crippen LogP contribution in [0, 0.1) is 5.82 Å². The van der Waals surface area contributed by atoms with E-state index in [0.717, 1.165) is 6.07 Å². The molecule has 0 aliphatic rings. The highest BCUT2D eigenvalue weighted by atomic mass is 19.1. The fraction of sp³-hybridized carbons (Fsp3) is 0.400. The van der Waals surface area contributed by atoms with Crippen LogP contribution in [-0.4, -0.2) is 30.9 Å². The molecular formula is C10H14FNO3. The molecule has 15 heavy (non-hydrogen) atoms. The summed E-state index contributed by atoms with van der Waals surface area (Å²) >= 11 is 0. The molecule has 0 amide bonds. The molecule has 4 nitrogen and oxygen atoms in total. The lowest BCUT2D eigenvalue weighted by molar-refractivity contribution is 0.168. The Morgan fingerprint density at radius 3 is 2.73 bits per heavy atom. The van der Waals surface area contributed by atoms with Crippen molar-refractivity contribution in [3.8, 4) is 11.5 Å². The lowest BCUT2D eigenvalue weighted by atomic mass is 10.1. The zero-order valence-corrected chi connectivity index (χ0v) is 8.62. The van der Waals surface area contributed by atoms with Crippen LogP contribution < -0.4 is 10.1 Å². The molecule has 1 aromatic rings. The fourth-order valence-electron chi connectivity index (χ4n) is 1.37. The summed E-state index contributed by atoms with van der Waals surface area (Å²) in [5.41, 5.74) is 0.0460. The van der Waals surface area contributed by atoms with E-state index in [9.17, 15) is 9.50 Å². The summed E-state index contributed by atoms with van der Waals surface area (Å²) < 4.78 is 18.3. The Balaban J connectivity index is 3.14. The highest BCUT2D eigenvalue weighted by Gasteiger charge is 2.18. The van der Waals surface area contributed by atoms with Crippen LogP contribution in [0.15, 0.2) is 12.1 Å². The molecule has 1 atom stereocenters. The maximum absolute atomic E-state index is 13.4. The van der Waals surface area contributed by atoms with E-state index in [1.54, 1.807) is 7.05 Å². The molecule has 1 rings (SSSR count). The van der Waals surface area contributed by atoms with E-state index in [-0.39, 0.29) is 23.6 Å². The van der Waals surface area contributed by atoms with Crippen LogP contribution in [0.2, 0.25) is 0 Å². The van der Waals surface area contributed by atoms with E-state index in [1.807, 2.05) is 0 Å². The van der Waals surface area contributed by atoms with Crippen molar-refractivity contribution in [3.63, 3.8) is 0 Å². The van der Waals surface area contributed by atoms with Crippen molar-refractivity contribution in [1.82, 2.24) is 5.32 Å². The molecule has 84 valence electrons. The molecule has 3 N–H and O–H groups in total. The van der Waals surface area contributed by atoms with E-state index >= 15 is 0 Å². The number of aliphatic hydroxyl groups is 1. The Kier molecular flexibility index (Phi) is 3.88. The normalized spacial score (nSPS) is 12.5. The number of likely N-dealkylation sites (N-methyl/N-ethyl adjacent to an activating group) is 1. The summed E-state index contributed by atoms with van der Waals surface area (Å²) in [4.78, 5) is 0. The Morgan fingerprint density at radius 2 is 2.20 bits per heavy atom. The number of nitrogens with one attached hydrogen (secondary N) is 1.